The molecule has 1 aliphatic heterocycles. The van der Waals surface area contributed by atoms with Gasteiger partial charge < -0.3 is 9.84 Å². The maximum atomic E-state index is 10.0. The fraction of sp³-hybridized carbons (Fsp3) is 0.294. The normalized spacial score (nSPS) is 26.8. The van der Waals surface area contributed by atoms with Gasteiger partial charge >= 0.3 is 0 Å². The van der Waals surface area contributed by atoms with E-state index in [9.17, 15) is 5.11 Å². The Morgan fingerprint density at radius 3 is 2.35 bits per heavy atom. The molecule has 1 fully saturated rings. The molecule has 0 bridgehead atoms. The molecule has 0 amide bonds. The van der Waals surface area contributed by atoms with Crippen LogP contribution in [0.1, 0.15) is 30.4 Å². The topological polar surface area (TPSA) is 32.7 Å². The molecule has 3 rings (SSSR count). The minimum absolute atomic E-state index is 0.0193. The Bertz CT molecular complexity index is 585. The number of likely N-dealkylation sites (N-methyl/N-ethyl adjacent to an activating group) is 1. The first-order valence-corrected chi connectivity index (χ1v) is 6.88. The molecule has 2 aromatic rings. The summed E-state index contributed by atoms with van der Waals surface area (Å²) in [6.45, 7) is 2.15. The van der Waals surface area contributed by atoms with Gasteiger partial charge in [-0.3, -0.25) is 4.90 Å². The molecule has 3 heteroatoms. The van der Waals surface area contributed by atoms with Crippen LogP contribution in [-0.2, 0) is 4.74 Å². The van der Waals surface area contributed by atoms with E-state index in [1.807, 2.05) is 43.4 Å². The lowest BCUT2D eigenvalue weighted by Crippen LogP contribution is -2.27. The summed E-state index contributed by atoms with van der Waals surface area (Å²) in [5.74, 6) is 0.283. The van der Waals surface area contributed by atoms with Crippen molar-refractivity contribution in [2.45, 2.75) is 25.3 Å². The Morgan fingerprint density at radius 2 is 1.65 bits per heavy atom. The molecular formula is C17H19NO2. The third-order valence-electron chi connectivity index (χ3n) is 4.06. The summed E-state index contributed by atoms with van der Waals surface area (Å²) in [5, 5.41) is 10.0. The van der Waals surface area contributed by atoms with E-state index in [1.165, 1.54) is 5.56 Å². The molecule has 3 atom stereocenters. The van der Waals surface area contributed by atoms with E-state index in [-0.39, 0.29) is 24.1 Å². The highest BCUT2D eigenvalue weighted by Gasteiger charge is 2.39. The third-order valence-corrected chi connectivity index (χ3v) is 4.06. The van der Waals surface area contributed by atoms with Crippen LogP contribution in [0.2, 0.25) is 0 Å². The fourth-order valence-corrected chi connectivity index (χ4v) is 2.76. The zero-order chi connectivity index (χ0) is 14.1. The van der Waals surface area contributed by atoms with Gasteiger partial charge in [-0.2, -0.15) is 0 Å². The molecule has 1 aliphatic rings. The monoisotopic (exact) mass is 269 g/mol. The van der Waals surface area contributed by atoms with Crippen LogP contribution in [0.3, 0.4) is 0 Å². The van der Waals surface area contributed by atoms with Gasteiger partial charge in [-0.1, -0.05) is 48.5 Å². The lowest BCUT2D eigenvalue weighted by Gasteiger charge is -2.21. The van der Waals surface area contributed by atoms with Crippen molar-refractivity contribution in [3.05, 3.63) is 65.7 Å². The Balaban J connectivity index is 1.91. The maximum Gasteiger partial charge on any atom is 0.141 e. The summed E-state index contributed by atoms with van der Waals surface area (Å²) in [4.78, 5) is 2.16. The fourth-order valence-electron chi connectivity index (χ4n) is 2.76. The summed E-state index contributed by atoms with van der Waals surface area (Å²) >= 11 is 0. The average Bonchev–Trinajstić information content (AvgIpc) is 2.77. The van der Waals surface area contributed by atoms with E-state index in [4.69, 9.17) is 4.74 Å². The predicted octanol–water partition coefficient (Wildman–Crippen LogP) is 3.48. The van der Waals surface area contributed by atoms with Gasteiger partial charge in [0.25, 0.3) is 0 Å². The highest BCUT2D eigenvalue weighted by Crippen LogP contribution is 2.43. The van der Waals surface area contributed by atoms with Gasteiger partial charge in [0.15, 0.2) is 0 Å². The van der Waals surface area contributed by atoms with Crippen molar-refractivity contribution in [1.29, 1.82) is 0 Å². The summed E-state index contributed by atoms with van der Waals surface area (Å²) < 4.78 is 6.20. The number of rotatable bonds is 2. The molecule has 1 saturated heterocycles. The molecule has 2 aromatic carbocycles. The zero-order valence-corrected chi connectivity index (χ0v) is 11.7. The standard InChI is InChI=1S/C17H19NO2/c1-12-16(13-8-4-3-5-9-13)20-17(18(12)2)14-10-6-7-11-15(14)19/h3-12,16-17,19H,1-2H3/t12-,16+,17?/m0/s1. The van der Waals surface area contributed by atoms with Crippen LogP contribution < -0.4 is 0 Å². The largest absolute Gasteiger partial charge is 0.508 e. The molecule has 0 radical (unpaired) electrons. The molecule has 0 aliphatic carbocycles. The first-order valence-electron chi connectivity index (χ1n) is 6.88. The number of nitrogens with zero attached hydrogens (tertiary/aromatic N) is 1. The molecule has 0 saturated carbocycles. The smallest absolute Gasteiger partial charge is 0.141 e. The van der Waals surface area contributed by atoms with Crippen LogP contribution in [0.15, 0.2) is 54.6 Å². The number of phenols is 1. The predicted molar refractivity (Wildman–Crippen MR) is 78.3 cm³/mol. The SMILES string of the molecule is C[C@H]1[C@H](c2ccccc2)OC(c2ccccc2O)N1C. The van der Waals surface area contributed by atoms with Gasteiger partial charge in [-0.15, -0.1) is 0 Å². The summed E-state index contributed by atoms with van der Waals surface area (Å²) in [5.41, 5.74) is 1.99. The minimum atomic E-state index is -0.212. The Morgan fingerprint density at radius 1 is 1.00 bits per heavy atom. The molecule has 104 valence electrons. The highest BCUT2D eigenvalue weighted by molar-refractivity contribution is 5.34. The molecule has 0 spiro atoms. The van der Waals surface area contributed by atoms with Crippen LogP contribution in [0.5, 0.6) is 5.75 Å². The number of ether oxygens (including phenoxy) is 1. The van der Waals surface area contributed by atoms with Crippen LogP contribution in [0, 0.1) is 0 Å². The maximum absolute atomic E-state index is 10.0. The second kappa shape index (κ2) is 5.27. The Labute approximate surface area is 119 Å². The van der Waals surface area contributed by atoms with Crippen molar-refractivity contribution < 1.29 is 9.84 Å². The molecule has 1 N–H and O–H groups in total. The Kier molecular flexibility index (Phi) is 3.47. The van der Waals surface area contributed by atoms with E-state index in [0.717, 1.165) is 5.56 Å². The molecule has 20 heavy (non-hydrogen) atoms. The summed E-state index contributed by atoms with van der Waals surface area (Å²) in [6.07, 6.45) is -0.192. The van der Waals surface area contributed by atoms with Gasteiger partial charge in [0, 0.05) is 11.6 Å². The average molecular weight is 269 g/mol. The van der Waals surface area contributed by atoms with E-state index in [2.05, 4.69) is 24.0 Å². The van der Waals surface area contributed by atoms with E-state index in [0.29, 0.717) is 0 Å². The van der Waals surface area contributed by atoms with Gasteiger partial charge in [-0.05, 0) is 25.6 Å². The first kappa shape index (κ1) is 13.2. The van der Waals surface area contributed by atoms with Gasteiger partial charge in [-0.25, -0.2) is 0 Å². The van der Waals surface area contributed by atoms with Gasteiger partial charge in [0.2, 0.25) is 0 Å². The first-order chi connectivity index (χ1) is 9.68. The van der Waals surface area contributed by atoms with Crippen LogP contribution in [-0.4, -0.2) is 23.1 Å². The second-order valence-electron chi connectivity index (χ2n) is 5.28. The van der Waals surface area contributed by atoms with Crippen molar-refractivity contribution >= 4 is 0 Å². The van der Waals surface area contributed by atoms with Crippen molar-refractivity contribution in [3.63, 3.8) is 0 Å². The van der Waals surface area contributed by atoms with Crippen LogP contribution in [0.4, 0.5) is 0 Å². The molecular weight excluding hydrogens is 250 g/mol. The number of benzene rings is 2. The quantitative estimate of drug-likeness (QED) is 0.906. The van der Waals surface area contributed by atoms with E-state index < -0.39 is 0 Å². The van der Waals surface area contributed by atoms with Crippen molar-refractivity contribution in [3.8, 4) is 5.75 Å². The lowest BCUT2D eigenvalue weighted by molar-refractivity contribution is 0.00418. The van der Waals surface area contributed by atoms with Crippen molar-refractivity contribution in [2.24, 2.45) is 0 Å². The molecule has 0 aromatic heterocycles. The number of phenolic OH excluding ortho intramolecular Hbond substituents is 1. The lowest BCUT2D eigenvalue weighted by atomic mass is 10.0. The van der Waals surface area contributed by atoms with Gasteiger partial charge in [0.1, 0.15) is 18.1 Å². The zero-order valence-electron chi connectivity index (χ0n) is 11.7. The summed E-state index contributed by atoms with van der Waals surface area (Å²) in [6, 6.07) is 17.8. The number of aromatic hydroxyl groups is 1. The number of para-hydroxylation sites is 1. The summed E-state index contributed by atoms with van der Waals surface area (Å²) in [7, 11) is 2.03. The third kappa shape index (κ3) is 2.19. The van der Waals surface area contributed by atoms with Crippen molar-refractivity contribution in [2.75, 3.05) is 7.05 Å². The van der Waals surface area contributed by atoms with E-state index in [1.54, 1.807) is 6.07 Å². The van der Waals surface area contributed by atoms with Crippen LogP contribution in [0.25, 0.3) is 0 Å². The minimum Gasteiger partial charge on any atom is -0.508 e. The molecule has 1 heterocycles. The second-order valence-corrected chi connectivity index (χ2v) is 5.28. The number of hydrogen-bond acceptors (Lipinski definition) is 3. The molecule has 1 unspecified atom stereocenters. The van der Waals surface area contributed by atoms with Gasteiger partial charge in [0.05, 0.1) is 0 Å². The highest BCUT2D eigenvalue weighted by atomic mass is 16.5. The van der Waals surface area contributed by atoms with E-state index >= 15 is 0 Å². The molecule has 3 nitrogen and oxygen atoms in total. The van der Waals surface area contributed by atoms with Crippen molar-refractivity contribution in [1.82, 2.24) is 4.90 Å². The Hall–Kier alpha value is -1.84. The number of hydrogen-bond donors (Lipinski definition) is 1. The van der Waals surface area contributed by atoms with Crippen LogP contribution >= 0.6 is 0 Å².